The average Bonchev–Trinajstić information content (AvgIpc) is 3.44. The zero-order chi connectivity index (χ0) is 22.5. The number of rotatable bonds is 8. The lowest BCUT2D eigenvalue weighted by molar-refractivity contribution is -0.136. The van der Waals surface area contributed by atoms with E-state index in [1.54, 1.807) is 23.1 Å². The number of carboxylic acid groups (broad SMARTS) is 1. The van der Waals surface area contributed by atoms with Gasteiger partial charge in [-0.05, 0) is 55.4 Å². The number of aromatic carboxylic acids is 1. The molecule has 1 unspecified atom stereocenters. The molecule has 0 spiro atoms. The molecular weight excluding hydrogens is 410 g/mol. The Morgan fingerprint density at radius 1 is 1.22 bits per heavy atom. The summed E-state index contributed by atoms with van der Waals surface area (Å²) in [7, 11) is 0. The first kappa shape index (κ1) is 21.7. The zero-order valence-corrected chi connectivity index (χ0v) is 18.1. The summed E-state index contributed by atoms with van der Waals surface area (Å²) in [5.41, 5.74) is 2.56. The average molecular weight is 438 g/mol. The normalized spacial score (nSPS) is 15.6. The van der Waals surface area contributed by atoms with Gasteiger partial charge in [-0.25, -0.2) is 9.48 Å². The van der Waals surface area contributed by atoms with E-state index in [4.69, 9.17) is 9.52 Å². The Kier molecular flexibility index (Phi) is 6.63. The van der Waals surface area contributed by atoms with Gasteiger partial charge in [0, 0.05) is 43.2 Å². The number of carboxylic acids is 1. The number of carbonyl (C=O) groups is 2. The van der Waals surface area contributed by atoms with E-state index in [1.165, 1.54) is 6.26 Å². The first-order valence-electron chi connectivity index (χ1n) is 10.9. The van der Waals surface area contributed by atoms with Gasteiger partial charge in [0.25, 0.3) is 0 Å². The predicted octanol–water partition coefficient (Wildman–Crippen LogP) is 2.67. The van der Waals surface area contributed by atoms with E-state index >= 15 is 0 Å². The lowest BCUT2D eigenvalue weighted by Crippen LogP contribution is -2.42. The van der Waals surface area contributed by atoms with Crippen molar-refractivity contribution in [1.82, 2.24) is 24.9 Å². The zero-order valence-electron chi connectivity index (χ0n) is 18.1. The van der Waals surface area contributed by atoms with Crippen LogP contribution < -0.4 is 0 Å². The standard InChI is InChI=1S/C23H27N5O4/c1-16(12-17-2-7-24-8-3-17)22(29)27-9-4-18(5-10-27)13-20-15-28(26-25-20)14-19-6-11-32-21(19)23(30)31/h2-3,6-8,11,15-16,18H,4-5,9-10,12-14H2,1H3,(H,30,31). The van der Waals surface area contributed by atoms with Crippen molar-refractivity contribution in [1.29, 1.82) is 0 Å². The van der Waals surface area contributed by atoms with Crippen molar-refractivity contribution >= 4 is 11.9 Å². The van der Waals surface area contributed by atoms with Crippen molar-refractivity contribution in [3.63, 3.8) is 0 Å². The summed E-state index contributed by atoms with van der Waals surface area (Å²) < 4.78 is 6.64. The smallest absolute Gasteiger partial charge is 0.372 e. The van der Waals surface area contributed by atoms with E-state index < -0.39 is 5.97 Å². The van der Waals surface area contributed by atoms with Crippen LogP contribution in [0.1, 0.15) is 47.1 Å². The molecule has 1 amide bonds. The molecule has 168 valence electrons. The van der Waals surface area contributed by atoms with Crippen molar-refractivity contribution in [2.75, 3.05) is 13.1 Å². The number of piperidine rings is 1. The van der Waals surface area contributed by atoms with Crippen LogP contribution in [0.4, 0.5) is 0 Å². The van der Waals surface area contributed by atoms with E-state index in [0.29, 0.717) is 18.0 Å². The molecule has 4 rings (SSSR count). The number of hydrogen-bond donors (Lipinski definition) is 1. The fourth-order valence-electron chi connectivity index (χ4n) is 4.26. The number of furan rings is 1. The molecule has 9 nitrogen and oxygen atoms in total. The Balaban J connectivity index is 1.26. The Labute approximate surface area is 186 Å². The minimum atomic E-state index is -1.10. The maximum atomic E-state index is 12.8. The van der Waals surface area contributed by atoms with E-state index in [1.807, 2.05) is 30.2 Å². The maximum absolute atomic E-state index is 12.8. The van der Waals surface area contributed by atoms with E-state index in [0.717, 1.165) is 50.0 Å². The molecule has 1 N–H and O–H groups in total. The number of hydrogen-bond acceptors (Lipinski definition) is 6. The van der Waals surface area contributed by atoms with Gasteiger partial charge in [0.05, 0.1) is 18.5 Å². The summed E-state index contributed by atoms with van der Waals surface area (Å²) in [5, 5.41) is 17.5. The summed E-state index contributed by atoms with van der Waals surface area (Å²) in [6.45, 7) is 3.81. The number of aromatic nitrogens is 4. The van der Waals surface area contributed by atoms with Crippen LogP contribution in [0.5, 0.6) is 0 Å². The molecular formula is C23H27N5O4. The summed E-state index contributed by atoms with van der Waals surface area (Å²) in [6.07, 6.45) is 10.1. The van der Waals surface area contributed by atoms with Crippen molar-refractivity contribution in [2.45, 2.75) is 39.2 Å². The summed E-state index contributed by atoms with van der Waals surface area (Å²) in [6, 6.07) is 5.55. The second-order valence-corrected chi connectivity index (χ2v) is 8.42. The molecule has 4 heterocycles. The Bertz CT molecular complexity index is 1050. The monoisotopic (exact) mass is 437 g/mol. The van der Waals surface area contributed by atoms with Crippen LogP contribution in [0, 0.1) is 11.8 Å². The van der Waals surface area contributed by atoms with Crippen molar-refractivity contribution in [3.05, 3.63) is 65.6 Å². The van der Waals surface area contributed by atoms with Gasteiger partial charge in [-0.3, -0.25) is 9.78 Å². The van der Waals surface area contributed by atoms with Gasteiger partial charge in [0.15, 0.2) is 0 Å². The molecule has 32 heavy (non-hydrogen) atoms. The molecule has 9 heteroatoms. The highest BCUT2D eigenvalue weighted by atomic mass is 16.4. The fraction of sp³-hybridized carbons (Fsp3) is 0.435. The lowest BCUT2D eigenvalue weighted by atomic mass is 9.91. The highest BCUT2D eigenvalue weighted by molar-refractivity contribution is 5.86. The number of carbonyl (C=O) groups excluding carboxylic acids is 1. The minimum Gasteiger partial charge on any atom is -0.475 e. The second kappa shape index (κ2) is 9.76. The lowest BCUT2D eigenvalue weighted by Gasteiger charge is -2.33. The summed E-state index contributed by atoms with van der Waals surface area (Å²) in [5.74, 6) is -0.560. The molecule has 3 aromatic heterocycles. The van der Waals surface area contributed by atoms with Crippen LogP contribution in [-0.4, -0.2) is 55.0 Å². The molecule has 3 aromatic rings. The molecule has 0 saturated carbocycles. The molecule has 1 atom stereocenters. The molecule has 0 bridgehead atoms. The van der Waals surface area contributed by atoms with Crippen LogP contribution >= 0.6 is 0 Å². The Hall–Kier alpha value is -3.49. The van der Waals surface area contributed by atoms with Gasteiger partial charge >= 0.3 is 5.97 Å². The van der Waals surface area contributed by atoms with Crippen LogP contribution in [0.2, 0.25) is 0 Å². The van der Waals surface area contributed by atoms with Gasteiger partial charge in [-0.1, -0.05) is 12.1 Å². The van der Waals surface area contributed by atoms with Gasteiger partial charge in [-0.2, -0.15) is 0 Å². The van der Waals surface area contributed by atoms with E-state index in [-0.39, 0.29) is 17.6 Å². The number of nitrogens with zero attached hydrogens (tertiary/aromatic N) is 5. The van der Waals surface area contributed by atoms with Crippen molar-refractivity contribution in [3.8, 4) is 0 Å². The minimum absolute atomic E-state index is 0.0486. The topological polar surface area (TPSA) is 114 Å². The van der Waals surface area contributed by atoms with Gasteiger partial charge in [-0.15, -0.1) is 5.10 Å². The molecule has 1 saturated heterocycles. The third kappa shape index (κ3) is 5.22. The van der Waals surface area contributed by atoms with Gasteiger partial charge in [0.1, 0.15) is 0 Å². The third-order valence-corrected chi connectivity index (χ3v) is 6.00. The molecule has 1 fully saturated rings. The van der Waals surface area contributed by atoms with Crippen LogP contribution in [0.25, 0.3) is 0 Å². The largest absolute Gasteiger partial charge is 0.475 e. The number of likely N-dealkylation sites (tertiary alicyclic amines) is 1. The van der Waals surface area contributed by atoms with Gasteiger partial charge < -0.3 is 14.4 Å². The Morgan fingerprint density at radius 2 is 1.97 bits per heavy atom. The second-order valence-electron chi connectivity index (χ2n) is 8.42. The highest BCUT2D eigenvalue weighted by Gasteiger charge is 2.26. The van der Waals surface area contributed by atoms with Crippen LogP contribution in [0.3, 0.4) is 0 Å². The number of pyridine rings is 1. The van der Waals surface area contributed by atoms with Crippen LogP contribution in [0.15, 0.2) is 47.5 Å². The summed E-state index contributed by atoms with van der Waals surface area (Å²) in [4.78, 5) is 30.0. The Morgan fingerprint density at radius 3 is 2.69 bits per heavy atom. The molecule has 1 aliphatic heterocycles. The molecule has 0 aliphatic carbocycles. The van der Waals surface area contributed by atoms with E-state index in [9.17, 15) is 9.59 Å². The molecule has 0 aromatic carbocycles. The molecule has 1 aliphatic rings. The predicted molar refractivity (Wildman–Crippen MR) is 115 cm³/mol. The van der Waals surface area contributed by atoms with Crippen LogP contribution in [-0.2, 0) is 24.2 Å². The maximum Gasteiger partial charge on any atom is 0.372 e. The number of amides is 1. The SMILES string of the molecule is CC(Cc1ccncc1)C(=O)N1CCC(Cc2cn(Cc3ccoc3C(=O)O)nn2)CC1. The summed E-state index contributed by atoms with van der Waals surface area (Å²) >= 11 is 0. The molecule has 0 radical (unpaired) electrons. The van der Waals surface area contributed by atoms with E-state index in [2.05, 4.69) is 15.3 Å². The fourth-order valence-corrected chi connectivity index (χ4v) is 4.26. The third-order valence-electron chi connectivity index (χ3n) is 6.00. The highest BCUT2D eigenvalue weighted by Crippen LogP contribution is 2.23. The van der Waals surface area contributed by atoms with Crippen molar-refractivity contribution in [2.24, 2.45) is 11.8 Å². The van der Waals surface area contributed by atoms with Gasteiger partial charge in [0.2, 0.25) is 11.7 Å². The quantitative estimate of drug-likeness (QED) is 0.576. The first-order valence-corrected chi connectivity index (χ1v) is 10.9. The first-order chi connectivity index (χ1) is 15.5. The van der Waals surface area contributed by atoms with Crippen molar-refractivity contribution < 1.29 is 19.1 Å².